The zero-order valence-corrected chi connectivity index (χ0v) is 11.1. The molecule has 1 aliphatic heterocycles. The minimum atomic E-state index is -0.804. The van der Waals surface area contributed by atoms with Crippen LogP contribution in [0.4, 0.5) is 20.4 Å². The zero-order valence-electron chi connectivity index (χ0n) is 11.1. The number of hydrazine groups is 1. The quantitative estimate of drug-likeness (QED) is 0.573. The number of nitrogens with two attached hydrogens (primary N) is 1. The van der Waals surface area contributed by atoms with Crippen molar-refractivity contribution in [3.05, 3.63) is 17.7 Å². The normalized spacial score (nSPS) is 24.3. The summed E-state index contributed by atoms with van der Waals surface area (Å²) in [5.41, 5.74) is 2.12. The molecule has 0 bridgehead atoms. The molecular weight excluding hydrogens is 252 g/mol. The molecule has 0 saturated carbocycles. The highest BCUT2D eigenvalue weighted by Gasteiger charge is 2.25. The number of halogens is 2. The molecule has 1 aromatic rings. The third-order valence-corrected chi connectivity index (χ3v) is 3.50. The third-order valence-electron chi connectivity index (χ3n) is 3.50. The van der Waals surface area contributed by atoms with Crippen LogP contribution in [0.3, 0.4) is 0 Å². The van der Waals surface area contributed by atoms with Crippen molar-refractivity contribution in [3.8, 4) is 0 Å². The summed E-state index contributed by atoms with van der Waals surface area (Å²) < 4.78 is 26.9. The van der Waals surface area contributed by atoms with Crippen molar-refractivity contribution in [1.29, 1.82) is 0 Å². The standard InChI is InChI=1S/C12H19F2N5/c1-7-6-19(2)4-3-10(7)16-11-8(13)5-9(14)12(17-11)18-15/h5,7,10H,3-4,6,15H2,1-2H3,(H2,16,17,18). The highest BCUT2D eigenvalue weighted by molar-refractivity contribution is 5.47. The Morgan fingerprint density at radius 1 is 1.37 bits per heavy atom. The fourth-order valence-corrected chi connectivity index (χ4v) is 2.41. The van der Waals surface area contributed by atoms with Gasteiger partial charge in [-0.1, -0.05) is 6.92 Å². The molecule has 19 heavy (non-hydrogen) atoms. The van der Waals surface area contributed by atoms with Crippen LogP contribution in [0.25, 0.3) is 0 Å². The first-order chi connectivity index (χ1) is 9.01. The molecule has 2 heterocycles. The molecule has 7 heteroatoms. The molecule has 2 rings (SSSR count). The zero-order chi connectivity index (χ0) is 14.0. The smallest absolute Gasteiger partial charge is 0.178 e. The Kier molecular flexibility index (Phi) is 4.16. The van der Waals surface area contributed by atoms with Crippen LogP contribution in [-0.4, -0.2) is 36.1 Å². The number of pyridine rings is 1. The Labute approximate surface area is 111 Å². The minimum absolute atomic E-state index is 0.0377. The monoisotopic (exact) mass is 271 g/mol. The number of piperidine rings is 1. The van der Waals surface area contributed by atoms with E-state index in [0.717, 1.165) is 25.6 Å². The maximum atomic E-state index is 13.7. The Hall–Kier alpha value is -1.47. The van der Waals surface area contributed by atoms with E-state index in [2.05, 4.69) is 34.6 Å². The lowest BCUT2D eigenvalue weighted by Crippen LogP contribution is -2.43. The number of nitrogens with zero attached hydrogens (tertiary/aromatic N) is 2. The second kappa shape index (κ2) is 5.66. The Morgan fingerprint density at radius 3 is 2.68 bits per heavy atom. The maximum absolute atomic E-state index is 13.7. The summed E-state index contributed by atoms with van der Waals surface area (Å²) in [5, 5.41) is 3.05. The van der Waals surface area contributed by atoms with Crippen LogP contribution in [-0.2, 0) is 0 Å². The highest BCUT2D eigenvalue weighted by atomic mass is 19.1. The predicted molar refractivity (Wildman–Crippen MR) is 70.7 cm³/mol. The van der Waals surface area contributed by atoms with Crippen LogP contribution in [0.15, 0.2) is 6.07 Å². The summed E-state index contributed by atoms with van der Waals surface area (Å²) in [6, 6.07) is 0.902. The second-order valence-electron chi connectivity index (χ2n) is 5.07. The predicted octanol–water partition coefficient (Wildman–Crippen LogP) is 1.40. The van der Waals surface area contributed by atoms with Gasteiger partial charge in [0, 0.05) is 18.7 Å². The van der Waals surface area contributed by atoms with Gasteiger partial charge < -0.3 is 15.6 Å². The molecule has 0 spiro atoms. The van der Waals surface area contributed by atoms with Crippen LogP contribution in [0.2, 0.25) is 0 Å². The van der Waals surface area contributed by atoms with E-state index < -0.39 is 11.6 Å². The number of anilines is 2. The molecule has 106 valence electrons. The van der Waals surface area contributed by atoms with E-state index in [9.17, 15) is 8.78 Å². The van der Waals surface area contributed by atoms with Crippen LogP contribution in [0.5, 0.6) is 0 Å². The molecule has 4 N–H and O–H groups in total. The van der Waals surface area contributed by atoms with Crippen molar-refractivity contribution >= 4 is 11.6 Å². The van der Waals surface area contributed by atoms with Gasteiger partial charge in [-0.15, -0.1) is 0 Å². The van der Waals surface area contributed by atoms with Gasteiger partial charge in [0.25, 0.3) is 0 Å². The molecule has 2 unspecified atom stereocenters. The van der Waals surface area contributed by atoms with Crippen LogP contribution in [0.1, 0.15) is 13.3 Å². The van der Waals surface area contributed by atoms with E-state index in [1.165, 1.54) is 0 Å². The third kappa shape index (κ3) is 3.10. The summed E-state index contributed by atoms with van der Waals surface area (Å²) in [5.74, 6) is 3.86. The summed E-state index contributed by atoms with van der Waals surface area (Å²) in [7, 11) is 2.06. The maximum Gasteiger partial charge on any atom is 0.178 e. The summed E-state index contributed by atoms with van der Waals surface area (Å²) in [6.07, 6.45) is 0.890. The molecule has 0 aromatic carbocycles. The fourth-order valence-electron chi connectivity index (χ4n) is 2.41. The summed E-state index contributed by atoms with van der Waals surface area (Å²) in [6.45, 7) is 3.96. The first-order valence-corrected chi connectivity index (χ1v) is 6.29. The molecule has 1 aliphatic rings. The Balaban J connectivity index is 2.14. The van der Waals surface area contributed by atoms with E-state index in [1.807, 2.05) is 0 Å². The van der Waals surface area contributed by atoms with Crippen molar-refractivity contribution in [2.45, 2.75) is 19.4 Å². The van der Waals surface area contributed by atoms with Crippen molar-refractivity contribution in [3.63, 3.8) is 0 Å². The molecule has 5 nitrogen and oxygen atoms in total. The molecule has 1 fully saturated rings. The van der Waals surface area contributed by atoms with Gasteiger partial charge in [-0.05, 0) is 25.9 Å². The van der Waals surface area contributed by atoms with Gasteiger partial charge in [-0.2, -0.15) is 0 Å². The van der Waals surface area contributed by atoms with E-state index >= 15 is 0 Å². The topological polar surface area (TPSA) is 66.2 Å². The van der Waals surface area contributed by atoms with Gasteiger partial charge in [0.15, 0.2) is 23.3 Å². The minimum Gasteiger partial charge on any atom is -0.364 e. The molecular formula is C12H19F2N5. The van der Waals surface area contributed by atoms with E-state index in [1.54, 1.807) is 0 Å². The van der Waals surface area contributed by atoms with Gasteiger partial charge in [-0.25, -0.2) is 19.6 Å². The van der Waals surface area contributed by atoms with Gasteiger partial charge in [0.05, 0.1) is 0 Å². The van der Waals surface area contributed by atoms with Gasteiger partial charge >= 0.3 is 0 Å². The molecule has 0 amide bonds. The number of rotatable bonds is 3. The number of likely N-dealkylation sites (tertiary alicyclic amines) is 1. The molecule has 1 saturated heterocycles. The lowest BCUT2D eigenvalue weighted by molar-refractivity contribution is 0.205. The van der Waals surface area contributed by atoms with Crippen molar-refractivity contribution < 1.29 is 8.78 Å². The molecule has 1 aromatic heterocycles. The van der Waals surface area contributed by atoms with Crippen LogP contribution >= 0.6 is 0 Å². The van der Waals surface area contributed by atoms with Gasteiger partial charge in [0.2, 0.25) is 0 Å². The number of hydrogen-bond donors (Lipinski definition) is 3. The molecule has 0 aliphatic carbocycles. The SMILES string of the molecule is CC1CN(C)CCC1Nc1nc(NN)c(F)cc1F. The van der Waals surface area contributed by atoms with Crippen LogP contribution in [0, 0.1) is 17.6 Å². The molecule has 0 radical (unpaired) electrons. The number of nitrogens with one attached hydrogen (secondary N) is 2. The average Bonchev–Trinajstić information content (AvgIpc) is 2.35. The Bertz CT molecular complexity index is 454. The second-order valence-corrected chi connectivity index (χ2v) is 5.07. The largest absolute Gasteiger partial charge is 0.364 e. The number of aromatic nitrogens is 1. The van der Waals surface area contributed by atoms with Crippen molar-refractivity contribution in [1.82, 2.24) is 9.88 Å². The van der Waals surface area contributed by atoms with Gasteiger partial charge in [0.1, 0.15) is 0 Å². The first-order valence-electron chi connectivity index (χ1n) is 6.29. The lowest BCUT2D eigenvalue weighted by atomic mass is 9.94. The van der Waals surface area contributed by atoms with Crippen LogP contribution < -0.4 is 16.6 Å². The fraction of sp³-hybridized carbons (Fsp3) is 0.583. The lowest BCUT2D eigenvalue weighted by Gasteiger charge is -2.35. The van der Waals surface area contributed by atoms with Crippen molar-refractivity contribution in [2.24, 2.45) is 11.8 Å². The number of hydrogen-bond acceptors (Lipinski definition) is 5. The first kappa shape index (κ1) is 14.0. The molecule has 2 atom stereocenters. The highest BCUT2D eigenvalue weighted by Crippen LogP contribution is 2.23. The van der Waals surface area contributed by atoms with Crippen molar-refractivity contribution in [2.75, 3.05) is 30.9 Å². The van der Waals surface area contributed by atoms with E-state index in [-0.39, 0.29) is 17.7 Å². The average molecular weight is 271 g/mol. The van der Waals surface area contributed by atoms with Gasteiger partial charge in [-0.3, -0.25) is 0 Å². The van der Waals surface area contributed by atoms with E-state index in [0.29, 0.717) is 5.92 Å². The summed E-state index contributed by atoms with van der Waals surface area (Å²) >= 11 is 0. The number of nitrogen functional groups attached to an aromatic ring is 1. The Morgan fingerprint density at radius 2 is 2.05 bits per heavy atom. The van der Waals surface area contributed by atoms with E-state index in [4.69, 9.17) is 5.84 Å². The summed E-state index contributed by atoms with van der Waals surface area (Å²) in [4.78, 5) is 6.05.